The van der Waals surface area contributed by atoms with Crippen LogP contribution in [-0.4, -0.2) is 69.6 Å². The Morgan fingerprint density at radius 1 is 1.17 bits per heavy atom. The highest BCUT2D eigenvalue weighted by Crippen LogP contribution is 2.33. The number of benzene rings is 1. The zero-order valence-electron chi connectivity index (χ0n) is 17.4. The Morgan fingerprint density at radius 2 is 1.97 bits per heavy atom. The molecule has 1 saturated heterocycles. The summed E-state index contributed by atoms with van der Waals surface area (Å²) >= 11 is 0. The summed E-state index contributed by atoms with van der Waals surface area (Å²) < 4.78 is 1.75. The first-order valence-corrected chi connectivity index (χ1v) is 10.6. The maximum atomic E-state index is 13.4. The second-order valence-corrected chi connectivity index (χ2v) is 8.29. The van der Waals surface area contributed by atoms with Gasteiger partial charge in [-0.1, -0.05) is 17.7 Å². The third kappa shape index (κ3) is 2.98. The minimum atomic E-state index is -0.203. The maximum Gasteiger partial charge on any atom is 0.331 e. The lowest BCUT2D eigenvalue weighted by Gasteiger charge is -2.37. The van der Waals surface area contributed by atoms with Gasteiger partial charge in [0, 0.05) is 19.1 Å². The van der Waals surface area contributed by atoms with E-state index < -0.39 is 0 Å². The number of piperidine rings is 1. The van der Waals surface area contributed by atoms with Crippen molar-refractivity contribution in [2.24, 2.45) is 4.99 Å². The van der Waals surface area contributed by atoms with Crippen LogP contribution in [0.5, 0.6) is 0 Å². The van der Waals surface area contributed by atoms with E-state index in [2.05, 4.69) is 17.0 Å². The summed E-state index contributed by atoms with van der Waals surface area (Å²) in [6.07, 6.45) is 4.92. The number of nitrogens with zero attached hydrogens (tertiary/aromatic N) is 6. The Bertz CT molecular complexity index is 1020. The number of amidine groups is 1. The maximum absolute atomic E-state index is 13.4. The standard InChI is InChI=1S/C22H26N6O2/c1-15-6-8-17(9-7-15)28-21-18(13-24-28)20-23-10-12-26(20)22(30)27(21)14-19(29)25-11-4-3-5-16(25)2/h6-9,13,16H,3-5,10-12,14H2,1-2H3/t16-/m0/s1. The first kappa shape index (κ1) is 18.8. The number of rotatable bonds is 3. The molecular formula is C22H26N6O2. The molecule has 8 nitrogen and oxygen atoms in total. The van der Waals surface area contributed by atoms with Crippen molar-refractivity contribution in [1.82, 2.24) is 19.6 Å². The predicted octanol–water partition coefficient (Wildman–Crippen LogP) is 2.58. The van der Waals surface area contributed by atoms with E-state index in [1.807, 2.05) is 36.1 Å². The number of likely N-dealkylation sites (tertiary alicyclic amines) is 1. The Balaban J connectivity index is 1.55. The lowest BCUT2D eigenvalue weighted by molar-refractivity contribution is -0.132. The van der Waals surface area contributed by atoms with Crippen LogP contribution in [0.4, 0.5) is 10.6 Å². The van der Waals surface area contributed by atoms with Crippen molar-refractivity contribution in [2.45, 2.75) is 39.2 Å². The molecule has 1 aromatic heterocycles. The van der Waals surface area contributed by atoms with E-state index in [-0.39, 0.29) is 24.5 Å². The first-order valence-electron chi connectivity index (χ1n) is 10.6. The number of aryl methyl sites for hydroxylation is 1. The number of aliphatic imine (C=N–C) groups is 1. The summed E-state index contributed by atoms with van der Waals surface area (Å²) in [4.78, 5) is 36.2. The summed E-state index contributed by atoms with van der Waals surface area (Å²) in [5, 5.41) is 4.57. The molecule has 4 heterocycles. The Hall–Kier alpha value is -3.16. The van der Waals surface area contributed by atoms with Crippen molar-refractivity contribution in [3.05, 3.63) is 41.6 Å². The zero-order chi connectivity index (χ0) is 20.8. The molecule has 156 valence electrons. The molecule has 0 saturated carbocycles. The second kappa shape index (κ2) is 7.27. The summed E-state index contributed by atoms with van der Waals surface area (Å²) in [6, 6.07) is 7.98. The van der Waals surface area contributed by atoms with E-state index in [1.165, 1.54) is 0 Å². The van der Waals surface area contributed by atoms with Gasteiger partial charge in [0.05, 0.1) is 24.0 Å². The molecule has 2 aromatic rings. The van der Waals surface area contributed by atoms with Gasteiger partial charge in [0.1, 0.15) is 12.4 Å². The number of anilines is 1. The molecule has 0 aliphatic carbocycles. The van der Waals surface area contributed by atoms with Gasteiger partial charge in [0.2, 0.25) is 5.91 Å². The second-order valence-electron chi connectivity index (χ2n) is 8.29. The monoisotopic (exact) mass is 406 g/mol. The van der Waals surface area contributed by atoms with Crippen molar-refractivity contribution in [2.75, 3.05) is 31.1 Å². The predicted molar refractivity (Wildman–Crippen MR) is 114 cm³/mol. The highest BCUT2D eigenvalue weighted by atomic mass is 16.2. The fourth-order valence-electron chi connectivity index (χ4n) is 4.57. The number of hydrogen-bond donors (Lipinski definition) is 0. The largest absolute Gasteiger partial charge is 0.338 e. The van der Waals surface area contributed by atoms with E-state index in [4.69, 9.17) is 0 Å². The van der Waals surface area contributed by atoms with Crippen LogP contribution in [0.25, 0.3) is 5.69 Å². The topological polar surface area (TPSA) is 74.0 Å². The van der Waals surface area contributed by atoms with Gasteiger partial charge in [-0.15, -0.1) is 0 Å². The smallest absolute Gasteiger partial charge is 0.331 e. The Morgan fingerprint density at radius 3 is 2.73 bits per heavy atom. The van der Waals surface area contributed by atoms with E-state index >= 15 is 0 Å². The molecule has 0 radical (unpaired) electrons. The molecule has 0 spiro atoms. The van der Waals surface area contributed by atoms with E-state index in [1.54, 1.807) is 20.7 Å². The number of urea groups is 1. The molecule has 3 aliphatic rings. The highest BCUT2D eigenvalue weighted by Gasteiger charge is 2.41. The highest BCUT2D eigenvalue weighted by molar-refractivity contribution is 6.20. The summed E-state index contributed by atoms with van der Waals surface area (Å²) in [5.74, 6) is 1.26. The molecule has 1 atom stereocenters. The Kier molecular flexibility index (Phi) is 4.56. The number of aromatic nitrogens is 2. The molecule has 1 fully saturated rings. The van der Waals surface area contributed by atoms with Crippen LogP contribution in [0.15, 0.2) is 35.5 Å². The van der Waals surface area contributed by atoms with Gasteiger partial charge in [-0.2, -0.15) is 5.10 Å². The third-order valence-corrected chi connectivity index (χ3v) is 6.24. The van der Waals surface area contributed by atoms with Crippen LogP contribution in [0.3, 0.4) is 0 Å². The van der Waals surface area contributed by atoms with E-state index in [9.17, 15) is 9.59 Å². The van der Waals surface area contributed by atoms with Gasteiger partial charge in [0.25, 0.3) is 0 Å². The summed E-state index contributed by atoms with van der Waals surface area (Å²) in [5.41, 5.74) is 2.80. The normalized spacial score (nSPS) is 20.9. The SMILES string of the molecule is Cc1ccc(-n2ncc3c2N(CC(=O)N2CCCC[C@@H]2C)C(=O)N2CCN=C32)cc1. The molecule has 0 N–H and O–H groups in total. The number of carbonyl (C=O) groups excluding carboxylic acids is 2. The average molecular weight is 406 g/mol. The van der Waals surface area contributed by atoms with E-state index in [0.717, 1.165) is 42.6 Å². The van der Waals surface area contributed by atoms with Crippen molar-refractivity contribution in [1.29, 1.82) is 0 Å². The van der Waals surface area contributed by atoms with Crippen LogP contribution in [0.2, 0.25) is 0 Å². The average Bonchev–Trinajstić information content (AvgIpc) is 3.39. The van der Waals surface area contributed by atoms with Crippen molar-refractivity contribution >= 4 is 23.6 Å². The molecule has 30 heavy (non-hydrogen) atoms. The lowest BCUT2D eigenvalue weighted by atomic mass is 10.0. The molecule has 0 bridgehead atoms. The molecule has 3 amide bonds. The number of amides is 3. The number of fused-ring (bicyclic) bond motifs is 3. The van der Waals surface area contributed by atoms with Crippen molar-refractivity contribution in [3.63, 3.8) is 0 Å². The Labute approximate surface area is 175 Å². The van der Waals surface area contributed by atoms with Crippen LogP contribution in [0, 0.1) is 6.92 Å². The van der Waals surface area contributed by atoms with Gasteiger partial charge in [-0.25, -0.2) is 9.48 Å². The fourth-order valence-corrected chi connectivity index (χ4v) is 4.57. The van der Waals surface area contributed by atoms with Crippen LogP contribution in [0.1, 0.15) is 37.3 Å². The van der Waals surface area contributed by atoms with Gasteiger partial charge >= 0.3 is 6.03 Å². The minimum Gasteiger partial charge on any atom is -0.338 e. The molecule has 5 rings (SSSR count). The fraction of sp³-hybridized carbons (Fsp3) is 0.455. The zero-order valence-corrected chi connectivity index (χ0v) is 17.4. The first-order chi connectivity index (χ1) is 14.5. The number of carbonyl (C=O) groups is 2. The van der Waals surface area contributed by atoms with Crippen LogP contribution in [-0.2, 0) is 4.79 Å². The quantitative estimate of drug-likeness (QED) is 0.786. The summed E-state index contributed by atoms with van der Waals surface area (Å²) in [6.45, 7) is 5.99. The minimum absolute atomic E-state index is 0.0114. The third-order valence-electron chi connectivity index (χ3n) is 6.24. The van der Waals surface area contributed by atoms with Crippen molar-refractivity contribution in [3.8, 4) is 5.69 Å². The van der Waals surface area contributed by atoms with Crippen LogP contribution >= 0.6 is 0 Å². The van der Waals surface area contributed by atoms with Crippen molar-refractivity contribution < 1.29 is 9.59 Å². The molecule has 1 aromatic carbocycles. The summed E-state index contributed by atoms with van der Waals surface area (Å²) in [7, 11) is 0. The molecule has 3 aliphatic heterocycles. The molecule has 8 heteroatoms. The number of hydrogen-bond acceptors (Lipinski definition) is 4. The lowest BCUT2D eigenvalue weighted by Crippen LogP contribution is -2.55. The van der Waals surface area contributed by atoms with Crippen LogP contribution < -0.4 is 4.90 Å². The van der Waals surface area contributed by atoms with E-state index in [0.29, 0.717) is 24.7 Å². The van der Waals surface area contributed by atoms with Gasteiger partial charge in [0.15, 0.2) is 5.82 Å². The van der Waals surface area contributed by atoms with Gasteiger partial charge < -0.3 is 4.90 Å². The molecular weight excluding hydrogens is 380 g/mol. The molecule has 0 unspecified atom stereocenters. The van der Waals surface area contributed by atoms with Gasteiger partial charge in [-0.05, 0) is 45.2 Å². The van der Waals surface area contributed by atoms with Gasteiger partial charge in [-0.3, -0.25) is 19.6 Å².